The highest BCUT2D eigenvalue weighted by Gasteiger charge is 2.18. The van der Waals surface area contributed by atoms with Crippen molar-refractivity contribution in [2.45, 2.75) is 0 Å². The maximum absolute atomic E-state index is 6.38. The van der Waals surface area contributed by atoms with Gasteiger partial charge < -0.3 is 13.7 Å². The Balaban J connectivity index is 1.14. The van der Waals surface area contributed by atoms with Gasteiger partial charge in [-0.05, 0) is 82.2 Å². The van der Waals surface area contributed by atoms with Gasteiger partial charge in [-0.25, -0.2) is 0 Å². The molecule has 3 nitrogen and oxygen atoms in total. The third-order valence-corrected chi connectivity index (χ3v) is 9.65. The number of rotatable bonds is 5. The van der Waals surface area contributed by atoms with Gasteiger partial charge in [0.15, 0.2) is 0 Å². The van der Waals surface area contributed by atoms with Crippen molar-refractivity contribution in [2.75, 3.05) is 4.90 Å². The van der Waals surface area contributed by atoms with Crippen LogP contribution in [0.2, 0.25) is 0 Å². The van der Waals surface area contributed by atoms with Gasteiger partial charge in [0, 0.05) is 50.1 Å². The number of para-hydroxylation sites is 2. The molecule has 2 aromatic heterocycles. The van der Waals surface area contributed by atoms with Gasteiger partial charge in [0.1, 0.15) is 22.3 Å². The van der Waals surface area contributed by atoms with Gasteiger partial charge >= 0.3 is 0 Å². The van der Waals surface area contributed by atoms with E-state index in [0.717, 1.165) is 77.5 Å². The smallest absolute Gasteiger partial charge is 0.143 e. The molecule has 3 heteroatoms. The average molecular weight is 628 g/mol. The maximum atomic E-state index is 6.38. The highest BCUT2D eigenvalue weighted by Crippen LogP contribution is 2.43. The lowest BCUT2D eigenvalue weighted by molar-refractivity contribution is 0.669. The zero-order valence-electron chi connectivity index (χ0n) is 26.5. The molecule has 2 heterocycles. The van der Waals surface area contributed by atoms with Crippen molar-refractivity contribution in [1.29, 1.82) is 0 Å². The number of hydrogen-bond acceptors (Lipinski definition) is 3. The molecule has 49 heavy (non-hydrogen) atoms. The van der Waals surface area contributed by atoms with E-state index in [1.807, 2.05) is 24.3 Å². The van der Waals surface area contributed by atoms with E-state index in [2.05, 4.69) is 157 Å². The summed E-state index contributed by atoms with van der Waals surface area (Å²) >= 11 is 0. The van der Waals surface area contributed by atoms with Crippen LogP contribution in [0.1, 0.15) is 0 Å². The number of anilines is 3. The fourth-order valence-electron chi connectivity index (χ4n) is 7.33. The molecular weight excluding hydrogens is 599 g/mol. The van der Waals surface area contributed by atoms with Crippen molar-refractivity contribution in [2.24, 2.45) is 0 Å². The van der Waals surface area contributed by atoms with Crippen molar-refractivity contribution in [3.63, 3.8) is 0 Å². The topological polar surface area (TPSA) is 29.5 Å². The minimum atomic E-state index is 0.867. The van der Waals surface area contributed by atoms with Crippen LogP contribution < -0.4 is 4.90 Å². The Morgan fingerprint density at radius 1 is 0.306 bits per heavy atom. The van der Waals surface area contributed by atoms with Gasteiger partial charge in [-0.1, -0.05) is 115 Å². The first-order valence-corrected chi connectivity index (χ1v) is 16.6. The lowest BCUT2D eigenvalue weighted by Gasteiger charge is -2.26. The second kappa shape index (κ2) is 11.0. The molecule has 0 aliphatic rings. The molecule has 10 rings (SSSR count). The first kappa shape index (κ1) is 27.5. The van der Waals surface area contributed by atoms with Crippen molar-refractivity contribution < 1.29 is 8.83 Å². The number of nitrogens with zero attached hydrogens (tertiary/aromatic N) is 1. The highest BCUT2D eigenvalue weighted by atomic mass is 16.3. The summed E-state index contributed by atoms with van der Waals surface area (Å²) in [5.74, 6) is 0. The Hall–Kier alpha value is -6.58. The number of benzene rings is 8. The summed E-state index contributed by atoms with van der Waals surface area (Å²) in [5, 5.41) is 6.79. The summed E-state index contributed by atoms with van der Waals surface area (Å²) in [4.78, 5) is 2.31. The van der Waals surface area contributed by atoms with E-state index in [1.165, 1.54) is 16.5 Å². The van der Waals surface area contributed by atoms with E-state index in [9.17, 15) is 0 Å². The number of furan rings is 2. The first-order chi connectivity index (χ1) is 24.3. The Bertz CT molecular complexity index is 2830. The maximum Gasteiger partial charge on any atom is 0.143 e. The molecule has 230 valence electrons. The predicted octanol–water partition coefficient (Wildman–Crippen LogP) is 13.4. The molecule has 0 saturated carbocycles. The summed E-state index contributed by atoms with van der Waals surface area (Å²) < 4.78 is 12.7. The van der Waals surface area contributed by atoms with E-state index >= 15 is 0 Å². The molecule has 10 aromatic rings. The van der Waals surface area contributed by atoms with Gasteiger partial charge in [-0.2, -0.15) is 0 Å². The predicted molar refractivity (Wildman–Crippen MR) is 204 cm³/mol. The van der Waals surface area contributed by atoms with E-state index in [-0.39, 0.29) is 0 Å². The number of fused-ring (bicyclic) bond motifs is 8. The van der Waals surface area contributed by atoms with Crippen LogP contribution in [0.4, 0.5) is 17.1 Å². The zero-order valence-corrected chi connectivity index (χ0v) is 26.5. The average Bonchev–Trinajstić information content (AvgIpc) is 3.74. The standard InChI is InChI=1S/C46H29NO2/c1-2-11-30(12-3-1)32-13-10-14-34(27-32)47(35-25-26-39-37-16-6-8-19-43(37)48-45(39)28-35)33-23-21-31(22-24-33)41-29-42-38-17-7-9-20-44(38)49-46(42)40-18-5-4-15-36(40)41/h1-29H. The summed E-state index contributed by atoms with van der Waals surface area (Å²) in [7, 11) is 0. The van der Waals surface area contributed by atoms with E-state index in [4.69, 9.17) is 8.83 Å². The molecule has 0 aliphatic heterocycles. The third-order valence-electron chi connectivity index (χ3n) is 9.65. The van der Waals surface area contributed by atoms with Crippen LogP contribution in [-0.4, -0.2) is 0 Å². The van der Waals surface area contributed by atoms with Crippen molar-refractivity contribution >= 4 is 71.7 Å². The van der Waals surface area contributed by atoms with E-state index in [1.54, 1.807) is 0 Å². The fourth-order valence-corrected chi connectivity index (χ4v) is 7.33. The molecular formula is C46H29NO2. The molecule has 8 aromatic carbocycles. The largest absolute Gasteiger partial charge is 0.456 e. The quantitative estimate of drug-likeness (QED) is 0.190. The van der Waals surface area contributed by atoms with Crippen LogP contribution in [0.5, 0.6) is 0 Å². The molecule has 0 amide bonds. The normalized spacial score (nSPS) is 11.7. The second-order valence-corrected chi connectivity index (χ2v) is 12.5. The van der Waals surface area contributed by atoms with Crippen LogP contribution in [0.15, 0.2) is 185 Å². The summed E-state index contributed by atoms with van der Waals surface area (Å²) in [6.07, 6.45) is 0. The molecule has 0 aliphatic carbocycles. The van der Waals surface area contributed by atoms with Crippen LogP contribution in [-0.2, 0) is 0 Å². The monoisotopic (exact) mass is 627 g/mol. The van der Waals surface area contributed by atoms with Gasteiger partial charge in [0.25, 0.3) is 0 Å². The Kier molecular flexibility index (Phi) is 6.18. The molecule has 0 N–H and O–H groups in total. The highest BCUT2D eigenvalue weighted by molar-refractivity contribution is 6.19. The molecule has 0 spiro atoms. The zero-order chi connectivity index (χ0) is 32.3. The van der Waals surface area contributed by atoms with E-state index in [0.29, 0.717) is 0 Å². The SMILES string of the molecule is c1ccc(-c2cccc(N(c3ccc(-c4cc5c6ccccc6oc5c5ccccc45)cc3)c3ccc4c(c3)oc3ccccc34)c2)cc1. The molecule has 0 atom stereocenters. The Morgan fingerprint density at radius 3 is 1.69 bits per heavy atom. The minimum Gasteiger partial charge on any atom is -0.456 e. The molecule has 0 unspecified atom stereocenters. The van der Waals surface area contributed by atoms with Crippen molar-refractivity contribution in [1.82, 2.24) is 0 Å². The Morgan fingerprint density at radius 2 is 0.898 bits per heavy atom. The first-order valence-electron chi connectivity index (χ1n) is 16.6. The summed E-state index contributed by atoms with van der Waals surface area (Å²) in [6.45, 7) is 0. The van der Waals surface area contributed by atoms with Crippen LogP contribution in [0.3, 0.4) is 0 Å². The lowest BCUT2D eigenvalue weighted by atomic mass is 9.95. The molecule has 0 bridgehead atoms. The molecule has 0 radical (unpaired) electrons. The second-order valence-electron chi connectivity index (χ2n) is 12.5. The van der Waals surface area contributed by atoms with E-state index < -0.39 is 0 Å². The summed E-state index contributed by atoms with van der Waals surface area (Å²) in [5.41, 5.74) is 11.4. The number of hydrogen-bond donors (Lipinski definition) is 0. The molecule has 0 fully saturated rings. The summed E-state index contributed by atoms with van der Waals surface area (Å²) in [6, 6.07) is 62.1. The van der Waals surface area contributed by atoms with Crippen molar-refractivity contribution in [3.05, 3.63) is 176 Å². The van der Waals surface area contributed by atoms with Crippen LogP contribution in [0, 0.1) is 0 Å². The third kappa shape index (κ3) is 4.51. The van der Waals surface area contributed by atoms with Crippen LogP contribution in [0.25, 0.3) is 76.9 Å². The molecule has 0 saturated heterocycles. The van der Waals surface area contributed by atoms with Crippen molar-refractivity contribution in [3.8, 4) is 22.3 Å². The lowest BCUT2D eigenvalue weighted by Crippen LogP contribution is -2.10. The van der Waals surface area contributed by atoms with Crippen LogP contribution >= 0.6 is 0 Å². The Labute approximate surface area is 282 Å². The van der Waals surface area contributed by atoms with Gasteiger partial charge in [-0.3, -0.25) is 0 Å². The minimum absolute atomic E-state index is 0.867. The van der Waals surface area contributed by atoms with Gasteiger partial charge in [0.05, 0.1) is 0 Å². The van der Waals surface area contributed by atoms with Gasteiger partial charge in [-0.15, -0.1) is 0 Å². The fraction of sp³-hybridized carbons (Fsp3) is 0. The van der Waals surface area contributed by atoms with Gasteiger partial charge in [0.2, 0.25) is 0 Å².